The number of carbonyl (C=O) groups excluding carboxylic acids is 1. The minimum Gasteiger partial charge on any atom is -0.335 e. The molecular formula is C13H12BrF4NO. The number of carbonyl (C=O) groups is 1. The van der Waals surface area contributed by atoms with Crippen molar-refractivity contribution >= 4 is 21.8 Å². The van der Waals surface area contributed by atoms with Gasteiger partial charge in [-0.3, -0.25) is 4.79 Å². The Kier molecular flexibility index (Phi) is 4.36. The fraction of sp³-hybridized carbons (Fsp3) is 0.462. The summed E-state index contributed by atoms with van der Waals surface area (Å²) >= 11 is 3.28. The highest BCUT2D eigenvalue weighted by Gasteiger charge is 2.36. The van der Waals surface area contributed by atoms with Crippen molar-refractivity contribution in [1.29, 1.82) is 0 Å². The molecule has 1 heterocycles. The van der Waals surface area contributed by atoms with Crippen molar-refractivity contribution in [2.24, 2.45) is 0 Å². The highest BCUT2D eigenvalue weighted by molar-refractivity contribution is 9.09. The summed E-state index contributed by atoms with van der Waals surface area (Å²) in [5, 5.41) is 0.575. The molecule has 1 atom stereocenters. The monoisotopic (exact) mass is 353 g/mol. The van der Waals surface area contributed by atoms with Crippen molar-refractivity contribution in [3.8, 4) is 0 Å². The maximum absolute atomic E-state index is 13.2. The lowest BCUT2D eigenvalue weighted by Gasteiger charge is -2.23. The van der Waals surface area contributed by atoms with Crippen LogP contribution < -0.4 is 0 Å². The van der Waals surface area contributed by atoms with Crippen LogP contribution in [0.15, 0.2) is 18.2 Å². The Morgan fingerprint density at radius 2 is 2.10 bits per heavy atom. The molecule has 1 aromatic rings. The maximum atomic E-state index is 13.2. The number of hydrogen-bond donors (Lipinski definition) is 0. The summed E-state index contributed by atoms with van der Waals surface area (Å²) in [6.45, 7) is 0.508. The summed E-state index contributed by atoms with van der Waals surface area (Å²) in [6.07, 6.45) is -3.18. The first-order valence-electron chi connectivity index (χ1n) is 6.08. The van der Waals surface area contributed by atoms with Crippen LogP contribution in [0.1, 0.15) is 28.8 Å². The average Bonchev–Trinajstić information content (AvgIpc) is 2.85. The normalized spacial score (nSPS) is 19.4. The molecule has 1 unspecified atom stereocenters. The number of halogens is 5. The van der Waals surface area contributed by atoms with Gasteiger partial charge in [0.25, 0.3) is 5.91 Å². The van der Waals surface area contributed by atoms with Gasteiger partial charge in [0.1, 0.15) is 5.82 Å². The van der Waals surface area contributed by atoms with Gasteiger partial charge in [-0.05, 0) is 31.0 Å². The number of alkyl halides is 4. The molecule has 0 aromatic heterocycles. The molecule has 2 nitrogen and oxygen atoms in total. The molecule has 0 spiro atoms. The number of likely N-dealkylation sites (tertiary alicyclic amines) is 1. The fourth-order valence-corrected chi connectivity index (χ4v) is 2.98. The fourth-order valence-electron chi connectivity index (χ4n) is 2.30. The van der Waals surface area contributed by atoms with Crippen LogP contribution in [-0.4, -0.2) is 28.7 Å². The van der Waals surface area contributed by atoms with Crippen molar-refractivity contribution in [3.63, 3.8) is 0 Å². The van der Waals surface area contributed by atoms with E-state index < -0.39 is 23.5 Å². The van der Waals surface area contributed by atoms with Gasteiger partial charge in [0.05, 0.1) is 5.56 Å². The van der Waals surface area contributed by atoms with Crippen molar-refractivity contribution in [2.75, 3.05) is 11.9 Å². The van der Waals surface area contributed by atoms with E-state index in [1.165, 1.54) is 4.90 Å². The Morgan fingerprint density at radius 3 is 2.70 bits per heavy atom. The van der Waals surface area contributed by atoms with Crippen LogP contribution in [0.25, 0.3) is 0 Å². The topological polar surface area (TPSA) is 20.3 Å². The molecule has 0 radical (unpaired) electrons. The summed E-state index contributed by atoms with van der Waals surface area (Å²) in [5.41, 5.74) is -1.54. The molecule has 0 saturated carbocycles. The largest absolute Gasteiger partial charge is 0.419 e. The minimum absolute atomic E-state index is 0.0260. The van der Waals surface area contributed by atoms with Crippen LogP contribution in [0.4, 0.5) is 17.6 Å². The standard InChI is InChI=1S/C13H12BrF4NO/c14-7-9-2-1-5-19(9)12(20)8-3-4-11(15)10(6-8)13(16,17)18/h3-4,6,9H,1-2,5,7H2. The lowest BCUT2D eigenvalue weighted by atomic mass is 10.1. The molecule has 1 amide bonds. The van der Waals surface area contributed by atoms with Crippen molar-refractivity contribution in [3.05, 3.63) is 35.1 Å². The number of rotatable bonds is 2. The van der Waals surface area contributed by atoms with E-state index in [4.69, 9.17) is 0 Å². The second kappa shape index (κ2) is 5.71. The van der Waals surface area contributed by atoms with Gasteiger partial charge in [-0.25, -0.2) is 4.39 Å². The smallest absolute Gasteiger partial charge is 0.335 e. The van der Waals surface area contributed by atoms with Crippen molar-refractivity contribution < 1.29 is 22.4 Å². The van der Waals surface area contributed by atoms with Gasteiger partial charge >= 0.3 is 6.18 Å². The number of nitrogens with zero attached hydrogens (tertiary/aromatic N) is 1. The van der Waals surface area contributed by atoms with Gasteiger partial charge in [-0.2, -0.15) is 13.2 Å². The molecule has 0 N–H and O–H groups in total. The Bertz CT molecular complexity index is 518. The number of hydrogen-bond acceptors (Lipinski definition) is 1. The second-order valence-corrected chi connectivity index (χ2v) is 5.29. The third kappa shape index (κ3) is 2.97. The van der Waals surface area contributed by atoms with E-state index >= 15 is 0 Å². The zero-order chi connectivity index (χ0) is 14.9. The highest BCUT2D eigenvalue weighted by atomic mass is 79.9. The molecule has 7 heteroatoms. The highest BCUT2D eigenvalue weighted by Crippen LogP contribution is 2.32. The Morgan fingerprint density at radius 1 is 1.40 bits per heavy atom. The molecule has 20 heavy (non-hydrogen) atoms. The van der Waals surface area contributed by atoms with E-state index in [1.54, 1.807) is 0 Å². The van der Waals surface area contributed by atoms with Crippen LogP contribution in [0.3, 0.4) is 0 Å². The maximum Gasteiger partial charge on any atom is 0.419 e. The van der Waals surface area contributed by atoms with Crippen LogP contribution in [0.2, 0.25) is 0 Å². The first-order valence-corrected chi connectivity index (χ1v) is 7.20. The first-order chi connectivity index (χ1) is 9.34. The SMILES string of the molecule is O=C(c1ccc(F)c(C(F)(F)F)c1)N1CCCC1CBr. The van der Waals surface area contributed by atoms with Crippen LogP contribution in [-0.2, 0) is 6.18 Å². The van der Waals surface area contributed by atoms with E-state index in [-0.39, 0.29) is 11.6 Å². The van der Waals surface area contributed by atoms with Gasteiger partial charge in [-0.1, -0.05) is 15.9 Å². The summed E-state index contributed by atoms with van der Waals surface area (Å²) in [5.74, 6) is -1.86. The van der Waals surface area contributed by atoms with Gasteiger partial charge in [0.15, 0.2) is 0 Å². The van der Waals surface area contributed by atoms with Crippen LogP contribution in [0, 0.1) is 5.82 Å². The summed E-state index contributed by atoms with van der Waals surface area (Å²) in [4.78, 5) is 13.8. The lowest BCUT2D eigenvalue weighted by Crippen LogP contribution is -2.36. The van der Waals surface area contributed by atoms with E-state index in [0.717, 1.165) is 18.9 Å². The van der Waals surface area contributed by atoms with Gasteiger partial charge < -0.3 is 4.90 Å². The van der Waals surface area contributed by atoms with Gasteiger partial charge in [0.2, 0.25) is 0 Å². The molecule has 1 aliphatic rings. The predicted octanol–water partition coefficient (Wildman–Crippen LogP) is 3.84. The van der Waals surface area contributed by atoms with E-state index in [0.29, 0.717) is 24.0 Å². The minimum atomic E-state index is -4.81. The Labute approximate surface area is 121 Å². The summed E-state index contributed by atoms with van der Waals surface area (Å²) in [7, 11) is 0. The Balaban J connectivity index is 2.31. The molecular weight excluding hydrogens is 342 g/mol. The average molecular weight is 354 g/mol. The Hall–Kier alpha value is -1.11. The van der Waals surface area contributed by atoms with Crippen LogP contribution >= 0.6 is 15.9 Å². The number of benzene rings is 1. The third-order valence-electron chi connectivity index (χ3n) is 3.33. The third-order valence-corrected chi connectivity index (χ3v) is 4.08. The zero-order valence-electron chi connectivity index (χ0n) is 10.4. The molecule has 1 aliphatic heterocycles. The van der Waals surface area contributed by atoms with E-state index in [9.17, 15) is 22.4 Å². The van der Waals surface area contributed by atoms with Crippen molar-refractivity contribution in [1.82, 2.24) is 4.90 Å². The predicted molar refractivity (Wildman–Crippen MR) is 69.3 cm³/mol. The molecule has 1 saturated heterocycles. The summed E-state index contributed by atoms with van der Waals surface area (Å²) < 4.78 is 51.1. The molecule has 0 bridgehead atoms. The lowest BCUT2D eigenvalue weighted by molar-refractivity contribution is -0.140. The van der Waals surface area contributed by atoms with Gasteiger partial charge in [-0.15, -0.1) is 0 Å². The molecule has 2 rings (SSSR count). The van der Waals surface area contributed by atoms with Crippen LogP contribution in [0.5, 0.6) is 0 Å². The molecule has 1 aromatic carbocycles. The van der Waals surface area contributed by atoms with Crippen molar-refractivity contribution in [2.45, 2.75) is 25.1 Å². The first kappa shape index (κ1) is 15.3. The van der Waals surface area contributed by atoms with E-state index in [2.05, 4.69) is 15.9 Å². The summed E-state index contributed by atoms with van der Waals surface area (Å²) in [6, 6.07) is 2.34. The van der Waals surface area contributed by atoms with E-state index in [1.807, 2.05) is 0 Å². The molecule has 0 aliphatic carbocycles. The number of amides is 1. The second-order valence-electron chi connectivity index (χ2n) is 4.64. The quantitative estimate of drug-likeness (QED) is 0.584. The van der Waals surface area contributed by atoms with Gasteiger partial charge in [0, 0.05) is 23.5 Å². The zero-order valence-corrected chi connectivity index (χ0v) is 12.0. The molecule has 110 valence electrons. The molecule has 1 fully saturated rings.